The van der Waals surface area contributed by atoms with Gasteiger partial charge in [0.25, 0.3) is 0 Å². The molecule has 1 aliphatic rings. The average molecular weight is 279 g/mol. The predicted molar refractivity (Wildman–Crippen MR) is 80.5 cm³/mol. The molecule has 0 spiro atoms. The molecule has 1 aliphatic heterocycles. The van der Waals surface area contributed by atoms with Crippen LogP contribution in [-0.4, -0.2) is 39.7 Å². The summed E-state index contributed by atoms with van der Waals surface area (Å²) in [5, 5.41) is 7.57. The van der Waals surface area contributed by atoms with Crippen LogP contribution in [-0.2, 0) is 18.3 Å². The van der Waals surface area contributed by atoms with Gasteiger partial charge in [0.15, 0.2) is 0 Å². The summed E-state index contributed by atoms with van der Waals surface area (Å²) in [6.07, 6.45) is 4.22. The molecule has 1 amide bonds. The number of likely N-dealkylation sites (tertiary alicyclic amines) is 1. The molecule has 1 unspecified atom stereocenters. The van der Waals surface area contributed by atoms with Crippen LogP contribution >= 0.6 is 0 Å². The Balaban J connectivity index is 2.05. The van der Waals surface area contributed by atoms with E-state index in [9.17, 15) is 4.79 Å². The van der Waals surface area contributed by atoms with Gasteiger partial charge in [-0.3, -0.25) is 9.48 Å². The van der Waals surface area contributed by atoms with Gasteiger partial charge in [0, 0.05) is 20.1 Å². The highest BCUT2D eigenvalue weighted by molar-refractivity contribution is 5.85. The largest absolute Gasteiger partial charge is 0.394 e. The normalized spacial score (nSPS) is 17.1. The van der Waals surface area contributed by atoms with E-state index < -0.39 is 0 Å². The fraction of sp³-hybridized carbons (Fsp3) is 0.714. The molecule has 2 heterocycles. The summed E-state index contributed by atoms with van der Waals surface area (Å²) >= 11 is 0. The van der Waals surface area contributed by atoms with Gasteiger partial charge in [-0.2, -0.15) is 5.10 Å². The van der Waals surface area contributed by atoms with Crippen molar-refractivity contribution < 1.29 is 4.79 Å². The van der Waals surface area contributed by atoms with Crippen molar-refractivity contribution >= 4 is 17.4 Å². The number of nitrogens with one attached hydrogen (secondary N) is 1. The highest BCUT2D eigenvalue weighted by Crippen LogP contribution is 2.23. The highest BCUT2D eigenvalue weighted by Gasteiger charge is 2.24. The van der Waals surface area contributed by atoms with E-state index in [4.69, 9.17) is 5.73 Å². The Bertz CT molecular complexity index is 476. The molecule has 1 aromatic heterocycles. The zero-order valence-electron chi connectivity index (χ0n) is 12.6. The van der Waals surface area contributed by atoms with E-state index in [1.165, 1.54) is 6.42 Å². The molecule has 0 aliphatic carbocycles. The molecule has 0 bridgehead atoms. The van der Waals surface area contributed by atoms with Gasteiger partial charge in [0.05, 0.1) is 11.4 Å². The van der Waals surface area contributed by atoms with Crippen LogP contribution in [0.2, 0.25) is 0 Å². The fourth-order valence-electron chi connectivity index (χ4n) is 2.68. The van der Waals surface area contributed by atoms with Gasteiger partial charge in [-0.1, -0.05) is 6.92 Å². The first-order valence-electron chi connectivity index (χ1n) is 7.41. The van der Waals surface area contributed by atoms with Crippen molar-refractivity contribution in [2.24, 2.45) is 7.05 Å². The van der Waals surface area contributed by atoms with Crippen molar-refractivity contribution in [3.8, 4) is 0 Å². The average Bonchev–Trinajstić information content (AvgIpc) is 2.74. The summed E-state index contributed by atoms with van der Waals surface area (Å²) in [5.74, 6) is 0.878. The predicted octanol–water partition coefficient (Wildman–Crippen LogP) is 1.38. The monoisotopic (exact) mass is 279 g/mol. The number of hydrogen-bond acceptors (Lipinski definition) is 4. The van der Waals surface area contributed by atoms with Crippen molar-refractivity contribution in [3.05, 3.63) is 5.69 Å². The third-order valence-corrected chi connectivity index (χ3v) is 3.89. The lowest BCUT2D eigenvalue weighted by Crippen LogP contribution is -2.44. The third-order valence-electron chi connectivity index (χ3n) is 3.89. The number of anilines is 2. The maximum Gasteiger partial charge on any atom is 0.244 e. The third kappa shape index (κ3) is 2.89. The smallest absolute Gasteiger partial charge is 0.244 e. The highest BCUT2D eigenvalue weighted by atomic mass is 16.2. The molecule has 0 saturated carbocycles. The summed E-state index contributed by atoms with van der Waals surface area (Å²) in [6, 6.07) is -0.282. The van der Waals surface area contributed by atoms with Gasteiger partial charge in [-0.25, -0.2) is 0 Å². The molecule has 3 N–H and O–H groups in total. The molecule has 1 saturated heterocycles. The molecule has 1 atom stereocenters. The summed E-state index contributed by atoms with van der Waals surface area (Å²) in [7, 11) is 1.84. The van der Waals surface area contributed by atoms with Crippen LogP contribution in [0.5, 0.6) is 0 Å². The van der Waals surface area contributed by atoms with Gasteiger partial charge in [-0.05, 0) is 32.6 Å². The number of piperidine rings is 1. The molecule has 1 fully saturated rings. The summed E-state index contributed by atoms with van der Waals surface area (Å²) in [5.41, 5.74) is 7.59. The molecule has 1 aromatic rings. The van der Waals surface area contributed by atoms with Gasteiger partial charge < -0.3 is 16.0 Å². The second-order valence-electron chi connectivity index (χ2n) is 5.44. The van der Waals surface area contributed by atoms with E-state index in [1.54, 1.807) is 4.68 Å². The second-order valence-corrected chi connectivity index (χ2v) is 5.44. The first kappa shape index (κ1) is 14.7. The SMILES string of the molecule is CCc1nn(C)c(NC(C)C(=O)N2CCCCC2)c1N. The number of nitrogen functional groups attached to an aromatic ring is 1. The van der Waals surface area contributed by atoms with Crippen LogP contribution in [0.1, 0.15) is 38.8 Å². The number of rotatable bonds is 4. The van der Waals surface area contributed by atoms with E-state index in [-0.39, 0.29) is 11.9 Å². The summed E-state index contributed by atoms with van der Waals surface area (Å²) in [4.78, 5) is 14.3. The minimum atomic E-state index is -0.282. The van der Waals surface area contributed by atoms with Crippen molar-refractivity contribution in [1.29, 1.82) is 0 Å². The van der Waals surface area contributed by atoms with Crippen LogP contribution < -0.4 is 11.1 Å². The lowest BCUT2D eigenvalue weighted by atomic mass is 10.1. The summed E-state index contributed by atoms with van der Waals surface area (Å²) < 4.78 is 1.72. The summed E-state index contributed by atoms with van der Waals surface area (Å²) in [6.45, 7) is 5.64. The lowest BCUT2D eigenvalue weighted by Gasteiger charge is -2.29. The number of nitrogens with zero attached hydrogens (tertiary/aromatic N) is 3. The molecule has 112 valence electrons. The molecule has 2 rings (SSSR count). The zero-order chi connectivity index (χ0) is 14.7. The quantitative estimate of drug-likeness (QED) is 0.873. The van der Waals surface area contributed by atoms with Gasteiger partial charge in [0.2, 0.25) is 5.91 Å². The number of hydrogen-bond donors (Lipinski definition) is 2. The van der Waals surface area contributed by atoms with Gasteiger partial charge in [0.1, 0.15) is 11.9 Å². The Morgan fingerprint density at radius 3 is 2.60 bits per heavy atom. The van der Waals surface area contributed by atoms with Crippen LogP contribution in [0.25, 0.3) is 0 Å². The Hall–Kier alpha value is -1.72. The Kier molecular flexibility index (Phi) is 4.52. The van der Waals surface area contributed by atoms with Crippen LogP contribution in [0, 0.1) is 0 Å². The van der Waals surface area contributed by atoms with Crippen molar-refractivity contribution in [1.82, 2.24) is 14.7 Å². The maximum atomic E-state index is 12.4. The van der Waals surface area contributed by atoms with Gasteiger partial charge >= 0.3 is 0 Å². The fourth-order valence-corrected chi connectivity index (χ4v) is 2.68. The number of carbonyl (C=O) groups excluding carboxylic acids is 1. The number of carbonyl (C=O) groups is 1. The van der Waals surface area contributed by atoms with E-state index in [1.807, 2.05) is 25.8 Å². The molecular weight excluding hydrogens is 254 g/mol. The number of amides is 1. The second kappa shape index (κ2) is 6.15. The van der Waals surface area contributed by atoms with Gasteiger partial charge in [-0.15, -0.1) is 0 Å². The topological polar surface area (TPSA) is 76.2 Å². The number of nitrogens with two attached hydrogens (primary N) is 1. The molecule has 0 aromatic carbocycles. The number of aryl methyl sites for hydroxylation is 2. The Morgan fingerprint density at radius 2 is 2.05 bits per heavy atom. The van der Waals surface area contributed by atoms with Crippen molar-refractivity contribution in [2.75, 3.05) is 24.1 Å². The molecule has 20 heavy (non-hydrogen) atoms. The van der Waals surface area contributed by atoms with Crippen LogP contribution in [0.3, 0.4) is 0 Å². The first-order valence-corrected chi connectivity index (χ1v) is 7.41. The Labute approximate surface area is 120 Å². The van der Waals surface area contributed by atoms with Crippen molar-refractivity contribution in [3.63, 3.8) is 0 Å². The maximum absolute atomic E-state index is 12.4. The minimum Gasteiger partial charge on any atom is -0.394 e. The van der Waals surface area contributed by atoms with E-state index >= 15 is 0 Å². The molecular formula is C14H25N5O. The van der Waals surface area contributed by atoms with Crippen molar-refractivity contribution in [2.45, 2.75) is 45.6 Å². The Morgan fingerprint density at radius 1 is 1.40 bits per heavy atom. The standard InChI is InChI=1S/C14H25N5O/c1-4-11-12(15)13(18(3)17-11)16-10(2)14(20)19-8-6-5-7-9-19/h10,16H,4-9,15H2,1-3H3. The lowest BCUT2D eigenvalue weighted by molar-refractivity contribution is -0.132. The minimum absolute atomic E-state index is 0.142. The van der Waals surface area contributed by atoms with E-state index in [0.29, 0.717) is 5.69 Å². The molecule has 6 nitrogen and oxygen atoms in total. The van der Waals surface area contributed by atoms with Crippen LogP contribution in [0.15, 0.2) is 0 Å². The van der Waals surface area contributed by atoms with Crippen LogP contribution in [0.4, 0.5) is 11.5 Å². The first-order chi connectivity index (χ1) is 9.54. The van der Waals surface area contributed by atoms with E-state index in [0.717, 1.165) is 43.9 Å². The molecule has 6 heteroatoms. The zero-order valence-corrected chi connectivity index (χ0v) is 12.6. The van der Waals surface area contributed by atoms with E-state index in [2.05, 4.69) is 10.4 Å². The molecule has 0 radical (unpaired) electrons. The number of aromatic nitrogens is 2.